The minimum absolute atomic E-state index is 2.11. The first-order valence-electron chi connectivity index (χ1n) is 4.75. The smallest absolute Gasteiger partial charge is 0.275 e. The molecule has 0 aromatic carbocycles. The molecule has 0 atom stereocenters. The van der Waals surface area contributed by atoms with Gasteiger partial charge in [-0.3, -0.25) is 4.84 Å². The summed E-state index contributed by atoms with van der Waals surface area (Å²) in [6, 6.07) is 0. The third-order valence-electron chi connectivity index (χ3n) is 1.51. The lowest BCUT2D eigenvalue weighted by Gasteiger charge is -2.30. The van der Waals surface area contributed by atoms with Gasteiger partial charge in [0.2, 0.25) is 0 Å². The van der Waals surface area contributed by atoms with Crippen LogP contribution in [0.5, 0.6) is 0 Å². The van der Waals surface area contributed by atoms with E-state index in [1.807, 2.05) is 0 Å². The maximum Gasteiger partial charge on any atom is 0.490 e. The third-order valence-corrected chi connectivity index (χ3v) is 1.51. The van der Waals surface area contributed by atoms with E-state index < -0.39 is 48.0 Å². The van der Waals surface area contributed by atoms with Gasteiger partial charge in [-0.2, -0.15) is 61.5 Å². The van der Waals surface area contributed by atoms with Crippen molar-refractivity contribution in [2.45, 2.75) is 31.3 Å². The van der Waals surface area contributed by atoms with E-state index >= 15 is 0 Å². The van der Waals surface area contributed by atoms with E-state index in [2.05, 4.69) is 9.68 Å². The van der Waals surface area contributed by atoms with E-state index in [9.17, 15) is 61.5 Å². The van der Waals surface area contributed by atoms with Gasteiger partial charge in [0.1, 0.15) is 0 Å². The van der Waals surface area contributed by atoms with Crippen LogP contribution in [0.3, 0.4) is 0 Å². The van der Waals surface area contributed by atoms with E-state index in [0.29, 0.717) is 0 Å². The molecule has 0 amide bonds. The Morgan fingerprint density at radius 2 is 0.792 bits per heavy atom. The molecule has 4 nitrogen and oxygen atoms in total. The van der Waals surface area contributed by atoms with Gasteiger partial charge in [0.25, 0.3) is 0 Å². The summed E-state index contributed by atoms with van der Waals surface area (Å²) in [7, 11) is 0. The number of rotatable bonds is 5. The molecule has 0 unspecified atom stereocenters. The van der Waals surface area contributed by atoms with E-state index in [4.69, 9.17) is 0 Å². The number of alkyl halides is 14. The van der Waals surface area contributed by atoms with Crippen LogP contribution in [-0.2, 0) is 9.68 Å². The van der Waals surface area contributed by atoms with Crippen molar-refractivity contribution >= 4 is 0 Å². The SMILES string of the molecule is FC(F)(CON(C(F)(F)F)C(F)(F)F)ON(C(F)(F)F)C(F)(F)F. The quantitative estimate of drug-likeness (QED) is 0.394. The first-order chi connectivity index (χ1) is 10.2. The van der Waals surface area contributed by atoms with Gasteiger partial charge in [-0.25, -0.2) is 4.84 Å². The Morgan fingerprint density at radius 1 is 0.500 bits per heavy atom. The van der Waals surface area contributed by atoms with Gasteiger partial charge in [-0.05, 0) is 0 Å². The highest BCUT2D eigenvalue weighted by Gasteiger charge is 2.61. The zero-order chi connectivity index (χ0) is 19.8. The summed E-state index contributed by atoms with van der Waals surface area (Å²) in [5.74, 6) is 0. The fourth-order valence-corrected chi connectivity index (χ4v) is 0.837. The Labute approximate surface area is 121 Å². The molecule has 0 N–H and O–H groups in total. The van der Waals surface area contributed by atoms with Crippen LogP contribution in [-0.4, -0.2) is 48.0 Å². The van der Waals surface area contributed by atoms with Crippen molar-refractivity contribution in [1.29, 1.82) is 0 Å². The van der Waals surface area contributed by atoms with Crippen molar-refractivity contribution < 1.29 is 71.1 Å². The molecule has 0 rings (SSSR count). The van der Waals surface area contributed by atoms with Crippen LogP contribution in [0, 0.1) is 0 Å². The molecule has 0 fully saturated rings. The minimum Gasteiger partial charge on any atom is -0.275 e. The van der Waals surface area contributed by atoms with Gasteiger partial charge in [0, 0.05) is 10.1 Å². The zero-order valence-electron chi connectivity index (χ0n) is 10.2. The molecule has 146 valence electrons. The molecule has 0 saturated heterocycles. The van der Waals surface area contributed by atoms with Crippen LogP contribution in [0.2, 0.25) is 0 Å². The summed E-state index contributed by atoms with van der Waals surface area (Å²) in [5, 5.41) is -6.20. The third kappa shape index (κ3) is 7.18. The summed E-state index contributed by atoms with van der Waals surface area (Å²) in [5.41, 5.74) is 0. The van der Waals surface area contributed by atoms with Crippen molar-refractivity contribution in [2.24, 2.45) is 0 Å². The number of hydrogen-bond donors (Lipinski definition) is 0. The Hall–Kier alpha value is -1.14. The Morgan fingerprint density at radius 3 is 1.04 bits per heavy atom. The molecule has 0 aromatic heterocycles. The first kappa shape index (κ1) is 22.9. The lowest BCUT2D eigenvalue weighted by Crippen LogP contribution is -2.54. The fraction of sp³-hybridized carbons (Fsp3) is 1.00. The molecule has 0 aliphatic carbocycles. The standard InChI is InChI=1S/C6H2F14N2O2/c7-2(8,24-22(5(15,16)17)6(18,19)20)1-23-21(3(9,10)11)4(12,13)14/h1H2. The van der Waals surface area contributed by atoms with E-state index in [1.165, 1.54) is 0 Å². The highest BCUT2D eigenvalue weighted by molar-refractivity contribution is 4.58. The Bertz CT molecular complexity index is 379. The summed E-state index contributed by atoms with van der Waals surface area (Å²) in [6.07, 6.45) is -32.1. The molecule has 0 aliphatic heterocycles. The van der Waals surface area contributed by atoms with Crippen molar-refractivity contribution in [3.05, 3.63) is 0 Å². The van der Waals surface area contributed by atoms with Crippen LogP contribution in [0.1, 0.15) is 0 Å². The summed E-state index contributed by atoms with van der Waals surface area (Å²) < 4.78 is 168. The average Bonchev–Trinajstić information content (AvgIpc) is 2.18. The molecule has 0 radical (unpaired) electrons. The van der Waals surface area contributed by atoms with E-state index in [0.717, 1.165) is 0 Å². The number of hydroxylamine groups is 4. The molecule has 18 heteroatoms. The maximum atomic E-state index is 12.7. The lowest BCUT2D eigenvalue weighted by atomic mass is 10.7. The van der Waals surface area contributed by atoms with Crippen LogP contribution in [0.25, 0.3) is 0 Å². The summed E-state index contributed by atoms with van der Waals surface area (Å²) in [6.45, 7) is -3.28. The molecule has 24 heavy (non-hydrogen) atoms. The number of hydrogen-bond acceptors (Lipinski definition) is 4. The topological polar surface area (TPSA) is 24.9 Å². The van der Waals surface area contributed by atoms with Gasteiger partial charge < -0.3 is 0 Å². The van der Waals surface area contributed by atoms with Gasteiger partial charge in [0.15, 0.2) is 6.61 Å². The van der Waals surface area contributed by atoms with Gasteiger partial charge in [0.05, 0.1) is 0 Å². The van der Waals surface area contributed by atoms with Crippen LogP contribution >= 0.6 is 0 Å². The van der Waals surface area contributed by atoms with Crippen LogP contribution in [0.15, 0.2) is 0 Å². The normalized spacial score (nSPS) is 15.5. The fourth-order valence-electron chi connectivity index (χ4n) is 0.837. The molecular formula is C6H2F14N2O2. The van der Waals surface area contributed by atoms with Crippen molar-refractivity contribution in [1.82, 2.24) is 10.1 Å². The Kier molecular flexibility index (Phi) is 6.32. The molecule has 0 heterocycles. The average molecular weight is 400 g/mol. The number of halogens is 14. The molecule has 0 saturated carbocycles. The highest BCUT2D eigenvalue weighted by Crippen LogP contribution is 2.38. The van der Waals surface area contributed by atoms with E-state index in [-0.39, 0.29) is 0 Å². The zero-order valence-corrected chi connectivity index (χ0v) is 10.2. The molecular weight excluding hydrogens is 398 g/mol. The largest absolute Gasteiger partial charge is 0.490 e. The van der Waals surface area contributed by atoms with Crippen molar-refractivity contribution in [3.8, 4) is 0 Å². The summed E-state index contributed by atoms with van der Waals surface area (Å²) >= 11 is 0. The lowest BCUT2D eigenvalue weighted by molar-refractivity contribution is -0.548. The van der Waals surface area contributed by atoms with Gasteiger partial charge in [-0.1, -0.05) is 0 Å². The maximum absolute atomic E-state index is 12.7. The van der Waals surface area contributed by atoms with Crippen LogP contribution < -0.4 is 0 Å². The molecule has 0 aliphatic rings. The monoisotopic (exact) mass is 400 g/mol. The number of nitrogens with zero attached hydrogens (tertiary/aromatic N) is 2. The first-order valence-corrected chi connectivity index (χ1v) is 4.75. The molecule has 0 aromatic rings. The van der Waals surface area contributed by atoms with Crippen LogP contribution in [0.4, 0.5) is 61.5 Å². The van der Waals surface area contributed by atoms with Gasteiger partial charge >= 0.3 is 31.3 Å². The minimum atomic E-state index is -6.64. The molecule has 0 spiro atoms. The predicted octanol–water partition coefficient (Wildman–Crippen LogP) is 4.13. The Balaban J connectivity index is 5.20. The van der Waals surface area contributed by atoms with Gasteiger partial charge in [-0.15, -0.1) is 0 Å². The highest BCUT2D eigenvalue weighted by atomic mass is 19.4. The molecule has 0 bridgehead atoms. The second-order valence-electron chi connectivity index (χ2n) is 3.46. The second-order valence-corrected chi connectivity index (χ2v) is 3.46. The summed E-state index contributed by atoms with van der Waals surface area (Å²) in [4.78, 5) is 4.62. The van der Waals surface area contributed by atoms with E-state index in [1.54, 1.807) is 0 Å². The second kappa shape index (κ2) is 6.64. The van der Waals surface area contributed by atoms with Crippen molar-refractivity contribution in [2.75, 3.05) is 6.61 Å². The predicted molar refractivity (Wildman–Crippen MR) is 39.9 cm³/mol. The van der Waals surface area contributed by atoms with Crippen molar-refractivity contribution in [3.63, 3.8) is 0 Å².